The molecule has 0 atom stereocenters. The second kappa shape index (κ2) is 7.83. The molecule has 4 rings (SSSR count). The first-order valence-corrected chi connectivity index (χ1v) is 10.6. The van der Waals surface area contributed by atoms with E-state index in [9.17, 15) is 8.42 Å². The molecule has 3 heterocycles. The highest BCUT2D eigenvalue weighted by Crippen LogP contribution is 2.32. The lowest BCUT2D eigenvalue weighted by atomic mass is 10.2. The van der Waals surface area contributed by atoms with Crippen LogP contribution in [-0.4, -0.2) is 67.3 Å². The summed E-state index contributed by atoms with van der Waals surface area (Å²) in [5.41, 5.74) is 1.82. The van der Waals surface area contributed by atoms with Gasteiger partial charge in [0.15, 0.2) is 0 Å². The molecule has 2 aromatic rings. The SMILES string of the molecule is O=S(=O)(c1ccc(N2CCCC2)c(NCc2ncn[nH]2)c1)N1CCOCC1. The Kier molecular flexibility index (Phi) is 5.28. The average Bonchev–Trinajstić information content (AvgIpc) is 3.41. The molecule has 2 aliphatic rings. The third kappa shape index (κ3) is 3.92. The van der Waals surface area contributed by atoms with Gasteiger partial charge < -0.3 is 15.0 Å². The fraction of sp³-hybridized carbons (Fsp3) is 0.529. The minimum absolute atomic E-state index is 0.299. The highest BCUT2D eigenvalue weighted by Gasteiger charge is 2.27. The lowest BCUT2D eigenvalue weighted by molar-refractivity contribution is 0.0730. The van der Waals surface area contributed by atoms with Crippen molar-refractivity contribution in [1.29, 1.82) is 0 Å². The van der Waals surface area contributed by atoms with Gasteiger partial charge in [0.2, 0.25) is 10.0 Å². The van der Waals surface area contributed by atoms with Gasteiger partial charge in [0.25, 0.3) is 0 Å². The Balaban J connectivity index is 1.63. The van der Waals surface area contributed by atoms with Crippen molar-refractivity contribution in [2.45, 2.75) is 24.3 Å². The van der Waals surface area contributed by atoms with Crippen LogP contribution in [0.1, 0.15) is 18.7 Å². The van der Waals surface area contributed by atoms with Crippen LogP contribution in [0, 0.1) is 0 Å². The summed E-state index contributed by atoms with van der Waals surface area (Å²) in [6, 6.07) is 5.34. The Bertz CT molecular complexity index is 859. The molecule has 0 radical (unpaired) electrons. The van der Waals surface area contributed by atoms with Gasteiger partial charge >= 0.3 is 0 Å². The molecule has 1 aromatic heterocycles. The zero-order valence-corrected chi connectivity index (χ0v) is 15.9. The van der Waals surface area contributed by atoms with E-state index in [-0.39, 0.29) is 0 Å². The summed E-state index contributed by atoms with van der Waals surface area (Å²) >= 11 is 0. The largest absolute Gasteiger partial charge is 0.379 e. The molecule has 10 heteroatoms. The highest BCUT2D eigenvalue weighted by molar-refractivity contribution is 7.89. The predicted octanol–water partition coefficient (Wildman–Crippen LogP) is 1.04. The predicted molar refractivity (Wildman–Crippen MR) is 101 cm³/mol. The fourth-order valence-electron chi connectivity index (χ4n) is 3.48. The summed E-state index contributed by atoms with van der Waals surface area (Å²) in [6.07, 6.45) is 3.75. The van der Waals surface area contributed by atoms with Crippen molar-refractivity contribution in [2.24, 2.45) is 0 Å². The molecule has 0 bridgehead atoms. The Morgan fingerprint density at radius 3 is 2.63 bits per heavy atom. The maximum atomic E-state index is 13.0. The number of nitrogens with zero attached hydrogens (tertiary/aromatic N) is 4. The maximum Gasteiger partial charge on any atom is 0.243 e. The van der Waals surface area contributed by atoms with E-state index in [1.54, 1.807) is 12.1 Å². The summed E-state index contributed by atoms with van der Waals surface area (Å²) in [5, 5.41) is 9.99. The quantitative estimate of drug-likeness (QED) is 0.757. The number of sulfonamides is 1. The third-order valence-corrected chi connectivity index (χ3v) is 6.83. The van der Waals surface area contributed by atoms with E-state index >= 15 is 0 Å². The molecule has 27 heavy (non-hydrogen) atoms. The summed E-state index contributed by atoms with van der Waals surface area (Å²) in [5.74, 6) is 0.698. The lowest BCUT2D eigenvalue weighted by Crippen LogP contribution is -2.40. The number of aromatic amines is 1. The molecule has 2 aliphatic heterocycles. The Morgan fingerprint density at radius 1 is 1.15 bits per heavy atom. The van der Waals surface area contributed by atoms with Crippen LogP contribution in [0.4, 0.5) is 11.4 Å². The molecule has 0 saturated carbocycles. The molecule has 146 valence electrons. The fourth-order valence-corrected chi connectivity index (χ4v) is 4.92. The van der Waals surface area contributed by atoms with Crippen LogP contribution < -0.4 is 10.2 Å². The average molecular weight is 392 g/mol. The zero-order chi connectivity index (χ0) is 18.7. The van der Waals surface area contributed by atoms with Crippen molar-refractivity contribution in [2.75, 3.05) is 49.6 Å². The number of rotatable bonds is 6. The molecule has 0 unspecified atom stereocenters. The van der Waals surface area contributed by atoms with Gasteiger partial charge in [0.05, 0.1) is 36.0 Å². The van der Waals surface area contributed by atoms with Crippen LogP contribution in [0.25, 0.3) is 0 Å². The van der Waals surface area contributed by atoms with E-state index in [4.69, 9.17) is 4.74 Å². The molecule has 0 amide bonds. The van der Waals surface area contributed by atoms with E-state index in [1.807, 2.05) is 6.07 Å². The Hall–Kier alpha value is -2.17. The number of aromatic nitrogens is 3. The molecule has 9 nitrogen and oxygen atoms in total. The lowest BCUT2D eigenvalue weighted by Gasteiger charge is -2.27. The van der Waals surface area contributed by atoms with Crippen molar-refractivity contribution < 1.29 is 13.2 Å². The van der Waals surface area contributed by atoms with Crippen LogP contribution in [-0.2, 0) is 21.3 Å². The first-order valence-electron chi connectivity index (χ1n) is 9.19. The van der Waals surface area contributed by atoms with E-state index in [2.05, 4.69) is 25.4 Å². The number of morpholine rings is 1. The van der Waals surface area contributed by atoms with E-state index in [0.717, 1.165) is 37.3 Å². The monoisotopic (exact) mass is 392 g/mol. The smallest absolute Gasteiger partial charge is 0.243 e. The van der Waals surface area contributed by atoms with Crippen molar-refractivity contribution in [3.05, 3.63) is 30.4 Å². The number of nitrogens with one attached hydrogen (secondary N) is 2. The van der Waals surface area contributed by atoms with Gasteiger partial charge in [-0.15, -0.1) is 0 Å². The number of H-pyrrole nitrogens is 1. The van der Waals surface area contributed by atoms with Crippen molar-refractivity contribution >= 4 is 21.4 Å². The topological polar surface area (TPSA) is 103 Å². The molecule has 2 N–H and O–H groups in total. The standard InChI is InChI=1S/C17H24N6O3S/c24-27(25,23-7-9-26-10-8-23)14-3-4-16(22-5-1-2-6-22)15(11-14)18-12-17-19-13-20-21-17/h3-4,11,13,18H,1-2,5-10,12H2,(H,19,20,21). The molecule has 0 aliphatic carbocycles. The van der Waals surface area contributed by atoms with Gasteiger partial charge in [0.1, 0.15) is 12.2 Å². The van der Waals surface area contributed by atoms with Crippen LogP contribution in [0.3, 0.4) is 0 Å². The first-order chi connectivity index (χ1) is 13.1. The molecule has 0 spiro atoms. The molecular weight excluding hydrogens is 368 g/mol. The number of benzene rings is 1. The van der Waals surface area contributed by atoms with Crippen LogP contribution in [0.5, 0.6) is 0 Å². The van der Waals surface area contributed by atoms with Crippen molar-refractivity contribution in [3.63, 3.8) is 0 Å². The second-order valence-corrected chi connectivity index (χ2v) is 8.61. The van der Waals surface area contributed by atoms with E-state index in [0.29, 0.717) is 43.6 Å². The summed E-state index contributed by atoms with van der Waals surface area (Å²) < 4.78 is 32.8. The minimum Gasteiger partial charge on any atom is -0.379 e. The van der Waals surface area contributed by atoms with Gasteiger partial charge in [0, 0.05) is 26.2 Å². The van der Waals surface area contributed by atoms with Gasteiger partial charge in [-0.05, 0) is 31.0 Å². The minimum atomic E-state index is -3.54. The van der Waals surface area contributed by atoms with Crippen LogP contribution >= 0.6 is 0 Å². The third-order valence-electron chi connectivity index (χ3n) is 4.93. The summed E-state index contributed by atoms with van der Waals surface area (Å²) in [4.78, 5) is 6.70. The molecular formula is C17H24N6O3S. The highest BCUT2D eigenvalue weighted by atomic mass is 32.2. The second-order valence-electron chi connectivity index (χ2n) is 6.68. The van der Waals surface area contributed by atoms with Crippen molar-refractivity contribution in [1.82, 2.24) is 19.5 Å². The summed E-state index contributed by atoms with van der Waals surface area (Å²) in [6.45, 7) is 4.04. The molecule has 2 fully saturated rings. The van der Waals surface area contributed by atoms with Crippen LogP contribution in [0.15, 0.2) is 29.4 Å². The van der Waals surface area contributed by atoms with Gasteiger partial charge in [-0.3, -0.25) is 5.10 Å². The van der Waals surface area contributed by atoms with Crippen molar-refractivity contribution in [3.8, 4) is 0 Å². The molecule has 2 saturated heterocycles. The van der Waals surface area contributed by atoms with Gasteiger partial charge in [-0.1, -0.05) is 0 Å². The Morgan fingerprint density at radius 2 is 1.93 bits per heavy atom. The maximum absolute atomic E-state index is 13.0. The zero-order valence-electron chi connectivity index (χ0n) is 15.1. The number of anilines is 2. The number of ether oxygens (including phenoxy) is 1. The summed E-state index contributed by atoms with van der Waals surface area (Å²) in [7, 11) is -3.54. The first kappa shape index (κ1) is 18.2. The normalized spacial score (nSPS) is 18.7. The van der Waals surface area contributed by atoms with E-state index < -0.39 is 10.0 Å². The number of hydrogen-bond donors (Lipinski definition) is 2. The molecule has 1 aromatic carbocycles. The Labute approximate surface area is 158 Å². The van der Waals surface area contributed by atoms with Crippen LogP contribution in [0.2, 0.25) is 0 Å². The van der Waals surface area contributed by atoms with E-state index in [1.165, 1.54) is 10.6 Å². The number of hydrogen-bond acceptors (Lipinski definition) is 7. The van der Waals surface area contributed by atoms with Gasteiger partial charge in [-0.25, -0.2) is 13.4 Å². The van der Waals surface area contributed by atoms with Gasteiger partial charge in [-0.2, -0.15) is 9.40 Å².